The lowest BCUT2D eigenvalue weighted by Gasteiger charge is -2.27. The molecule has 1 N–H and O–H groups in total. The summed E-state index contributed by atoms with van der Waals surface area (Å²) >= 11 is 1.70. The van der Waals surface area contributed by atoms with Crippen molar-refractivity contribution in [3.63, 3.8) is 0 Å². The second kappa shape index (κ2) is 13.1. The van der Waals surface area contributed by atoms with Crippen molar-refractivity contribution in [2.75, 3.05) is 20.3 Å². The molecular formula is C27H41IN2O6. The maximum atomic E-state index is 12.6. The summed E-state index contributed by atoms with van der Waals surface area (Å²) in [6.07, 6.45) is 4.31. The van der Waals surface area contributed by atoms with Crippen molar-refractivity contribution in [1.29, 1.82) is 0 Å². The highest BCUT2D eigenvalue weighted by atomic mass is 127. The van der Waals surface area contributed by atoms with Crippen LogP contribution in [-0.2, 0) is 28.7 Å². The van der Waals surface area contributed by atoms with E-state index < -0.39 is 22.2 Å². The summed E-state index contributed by atoms with van der Waals surface area (Å²) in [5.74, 6) is -0.602. The molecule has 0 aromatic rings. The van der Waals surface area contributed by atoms with E-state index in [9.17, 15) is 19.2 Å². The molecule has 0 aliphatic heterocycles. The molecule has 0 spiro atoms. The van der Waals surface area contributed by atoms with E-state index >= 15 is 0 Å². The molecule has 1 unspecified atom stereocenters. The number of allylic oxidation sites excluding steroid dienone is 1. The van der Waals surface area contributed by atoms with Gasteiger partial charge in [0.1, 0.15) is 5.71 Å². The topological polar surface area (TPSA) is 111 Å². The second-order valence-electron chi connectivity index (χ2n) is 11.7. The molecule has 0 aromatic heterocycles. The number of ketones is 2. The smallest absolute Gasteiger partial charge is 0.306 e. The van der Waals surface area contributed by atoms with Gasteiger partial charge in [0.25, 0.3) is 0 Å². The Morgan fingerprint density at radius 2 is 1.61 bits per heavy atom. The van der Waals surface area contributed by atoms with Crippen LogP contribution in [0.1, 0.15) is 74.7 Å². The van der Waals surface area contributed by atoms with Gasteiger partial charge in [0.15, 0.2) is 18.2 Å². The van der Waals surface area contributed by atoms with Gasteiger partial charge >= 0.3 is 5.97 Å². The van der Waals surface area contributed by atoms with Crippen LogP contribution in [0, 0.1) is 16.2 Å². The van der Waals surface area contributed by atoms with Crippen LogP contribution in [0.3, 0.4) is 0 Å². The number of nitrogens with zero attached hydrogens (tertiary/aromatic N) is 1. The van der Waals surface area contributed by atoms with Crippen LogP contribution < -0.4 is 5.32 Å². The summed E-state index contributed by atoms with van der Waals surface area (Å²) in [5, 5.41) is 3.20. The Hall–Kier alpha value is -1.88. The third-order valence-corrected chi connectivity index (χ3v) is 6.51. The second-order valence-corrected chi connectivity index (χ2v) is 12.7. The molecular weight excluding hydrogens is 575 g/mol. The van der Waals surface area contributed by atoms with E-state index in [-0.39, 0.29) is 41.0 Å². The summed E-state index contributed by atoms with van der Waals surface area (Å²) < 4.78 is 10.4. The summed E-state index contributed by atoms with van der Waals surface area (Å²) in [5.41, 5.74) is -0.238. The normalized spacial score (nSPS) is 17.2. The number of carbonyl (C=O) groups excluding carboxylic acids is 4. The molecule has 0 amide bonds. The Labute approximate surface area is 228 Å². The van der Waals surface area contributed by atoms with E-state index in [1.807, 2.05) is 40.7 Å². The Bertz CT molecular complexity index is 948. The van der Waals surface area contributed by atoms with Crippen molar-refractivity contribution in [3.8, 4) is 0 Å². The Morgan fingerprint density at radius 1 is 1.03 bits per heavy atom. The monoisotopic (exact) mass is 616 g/mol. The zero-order chi connectivity index (χ0) is 27.9. The number of nitrogens with one attached hydrogen (secondary N) is 1. The zero-order valence-electron chi connectivity index (χ0n) is 23.0. The van der Waals surface area contributed by atoms with Crippen LogP contribution in [0.4, 0.5) is 0 Å². The van der Waals surface area contributed by atoms with E-state index in [0.717, 1.165) is 0 Å². The molecule has 1 rings (SSSR count). The number of methoxy groups -OCH3 is 1. The van der Waals surface area contributed by atoms with Crippen molar-refractivity contribution < 1.29 is 28.7 Å². The van der Waals surface area contributed by atoms with Gasteiger partial charge in [-0.2, -0.15) is 0 Å². The standard InChI is InChI=1S/C27H41IN2O6/c1-25(2,3)20(31)15-29-19-14-17(35-9)10-11-18(19)30-23(24(28)34)27(7,8)13-12-22(33)36-16-21(32)26(4,5)6/h10-11,17,29H,12-16H2,1-9H3. The SMILES string of the molecule is COC1C=CC(N=C(C(=O)I)C(C)(C)CCC(=O)OCC(=O)C(C)(C)C)=C(NCC(=O)C(C)(C)C)C1. The molecule has 8 nitrogen and oxygen atoms in total. The van der Waals surface area contributed by atoms with E-state index in [1.54, 1.807) is 56.5 Å². The lowest BCUT2D eigenvalue weighted by molar-refractivity contribution is -0.150. The zero-order valence-corrected chi connectivity index (χ0v) is 25.2. The van der Waals surface area contributed by atoms with E-state index in [4.69, 9.17) is 14.5 Å². The Morgan fingerprint density at radius 3 is 2.11 bits per heavy atom. The highest BCUT2D eigenvalue weighted by Crippen LogP contribution is 2.30. The number of esters is 1. The van der Waals surface area contributed by atoms with Crippen LogP contribution in [-0.4, -0.2) is 53.4 Å². The molecule has 1 atom stereocenters. The van der Waals surface area contributed by atoms with Gasteiger partial charge in [0.2, 0.25) is 3.79 Å². The average molecular weight is 617 g/mol. The van der Waals surface area contributed by atoms with Crippen LogP contribution >= 0.6 is 22.6 Å². The molecule has 0 saturated heterocycles. The highest BCUT2D eigenvalue weighted by Gasteiger charge is 2.32. The van der Waals surface area contributed by atoms with Crippen LogP contribution in [0.5, 0.6) is 0 Å². The predicted molar refractivity (Wildman–Crippen MR) is 149 cm³/mol. The lowest BCUT2D eigenvalue weighted by atomic mass is 9.83. The van der Waals surface area contributed by atoms with Crippen LogP contribution in [0.25, 0.3) is 0 Å². The maximum Gasteiger partial charge on any atom is 0.306 e. The number of aliphatic imine (C=N–C) groups is 1. The molecule has 1 aliphatic carbocycles. The third kappa shape index (κ3) is 10.2. The molecule has 9 heteroatoms. The van der Waals surface area contributed by atoms with Gasteiger partial charge in [-0.25, -0.2) is 4.99 Å². The molecule has 0 radical (unpaired) electrons. The maximum absolute atomic E-state index is 12.6. The first kappa shape index (κ1) is 32.1. The van der Waals surface area contributed by atoms with Crippen molar-refractivity contribution >= 4 is 49.6 Å². The number of rotatable bonds is 12. The number of Topliss-reactive ketones (excluding diaryl/α,β-unsaturated/α-hetero) is 2. The largest absolute Gasteiger partial charge is 0.458 e. The van der Waals surface area contributed by atoms with Crippen LogP contribution in [0.15, 0.2) is 28.5 Å². The Kier molecular flexibility index (Phi) is 11.7. The first-order chi connectivity index (χ1) is 16.4. The lowest BCUT2D eigenvalue weighted by Crippen LogP contribution is -2.34. The molecule has 0 fully saturated rings. The molecule has 36 heavy (non-hydrogen) atoms. The number of hydrogen-bond donors (Lipinski definition) is 1. The van der Waals surface area contributed by atoms with Crippen molar-refractivity contribution in [2.45, 2.75) is 80.8 Å². The fourth-order valence-electron chi connectivity index (χ4n) is 3.10. The first-order valence-electron chi connectivity index (χ1n) is 12.1. The highest BCUT2D eigenvalue weighted by molar-refractivity contribution is 14.1. The molecule has 0 saturated carbocycles. The Balaban J connectivity index is 3.10. The molecule has 0 aromatic carbocycles. The minimum Gasteiger partial charge on any atom is -0.458 e. The summed E-state index contributed by atoms with van der Waals surface area (Å²) in [6, 6.07) is 0. The fraction of sp³-hybridized carbons (Fsp3) is 0.667. The fourth-order valence-corrected chi connectivity index (χ4v) is 3.95. The summed E-state index contributed by atoms with van der Waals surface area (Å²) in [7, 11) is 1.61. The number of hydrogen-bond acceptors (Lipinski definition) is 8. The van der Waals surface area contributed by atoms with E-state index in [0.29, 0.717) is 29.9 Å². The number of halogens is 1. The van der Waals surface area contributed by atoms with E-state index in [2.05, 4.69) is 5.32 Å². The molecule has 202 valence electrons. The van der Waals surface area contributed by atoms with E-state index in [1.165, 1.54) is 0 Å². The predicted octanol–water partition coefficient (Wildman–Crippen LogP) is 4.75. The third-order valence-electron chi connectivity index (χ3n) is 6.00. The summed E-state index contributed by atoms with van der Waals surface area (Å²) in [4.78, 5) is 54.1. The molecule has 0 heterocycles. The minimum atomic E-state index is -0.739. The van der Waals surface area contributed by atoms with Crippen molar-refractivity contribution in [1.82, 2.24) is 5.32 Å². The average Bonchev–Trinajstić information content (AvgIpc) is 2.76. The summed E-state index contributed by atoms with van der Waals surface area (Å²) in [6.45, 7) is 14.5. The molecule has 0 bridgehead atoms. The van der Waals surface area contributed by atoms with Gasteiger partial charge < -0.3 is 14.8 Å². The van der Waals surface area contributed by atoms with Gasteiger partial charge in [0.05, 0.1) is 18.3 Å². The van der Waals surface area contributed by atoms with Gasteiger partial charge in [-0.05, 0) is 12.5 Å². The van der Waals surface area contributed by atoms with Crippen molar-refractivity contribution in [3.05, 3.63) is 23.5 Å². The number of carbonyl (C=O) groups is 4. The van der Waals surface area contributed by atoms with Gasteiger partial charge in [-0.15, -0.1) is 0 Å². The number of ether oxygens (including phenoxy) is 2. The minimum absolute atomic E-state index is 0.0409. The van der Waals surface area contributed by atoms with Gasteiger partial charge in [-0.3, -0.25) is 19.2 Å². The quantitative estimate of drug-likeness (QED) is 0.146. The van der Waals surface area contributed by atoms with Crippen molar-refractivity contribution in [2.24, 2.45) is 21.2 Å². The molecule has 1 aliphatic rings. The van der Waals surface area contributed by atoms with Gasteiger partial charge in [-0.1, -0.05) is 61.5 Å². The van der Waals surface area contributed by atoms with Gasteiger partial charge in [0, 0.05) is 64.5 Å². The van der Waals surface area contributed by atoms with Crippen LogP contribution in [0.2, 0.25) is 0 Å². The first-order valence-corrected chi connectivity index (χ1v) is 13.2.